The molecule has 4 unspecified atom stereocenters. The van der Waals surface area contributed by atoms with Crippen molar-refractivity contribution in [3.8, 4) is 0 Å². The van der Waals surface area contributed by atoms with Crippen molar-refractivity contribution in [3.05, 3.63) is 35.4 Å². The maximum atomic E-state index is 12.3. The van der Waals surface area contributed by atoms with E-state index in [9.17, 15) is 4.79 Å². The highest BCUT2D eigenvalue weighted by molar-refractivity contribution is 5.92. The first-order chi connectivity index (χ1) is 9.63. The SMILES string of the molecule is CC(NC(=O)C1C2CCc3ccccc3C21)/C(N)=N/O. The predicted molar refractivity (Wildman–Crippen MR) is 75.5 cm³/mol. The summed E-state index contributed by atoms with van der Waals surface area (Å²) >= 11 is 0. The molecule has 0 bridgehead atoms. The number of hydrogen-bond donors (Lipinski definition) is 3. The zero-order chi connectivity index (χ0) is 14.3. The lowest BCUT2D eigenvalue weighted by Crippen LogP contribution is -2.43. The van der Waals surface area contributed by atoms with Gasteiger partial charge >= 0.3 is 0 Å². The van der Waals surface area contributed by atoms with Gasteiger partial charge in [0.05, 0.1) is 6.04 Å². The van der Waals surface area contributed by atoms with Crippen molar-refractivity contribution in [1.29, 1.82) is 0 Å². The fourth-order valence-corrected chi connectivity index (χ4v) is 3.39. The lowest BCUT2D eigenvalue weighted by Gasteiger charge is -2.13. The number of nitrogens with two attached hydrogens (primary N) is 1. The van der Waals surface area contributed by atoms with Crippen molar-refractivity contribution in [1.82, 2.24) is 5.32 Å². The maximum Gasteiger partial charge on any atom is 0.224 e. The molecule has 1 amide bonds. The number of carbonyl (C=O) groups is 1. The predicted octanol–water partition coefficient (Wildman–Crippen LogP) is 1.21. The molecule has 1 fully saturated rings. The fraction of sp³-hybridized carbons (Fsp3) is 0.467. The lowest BCUT2D eigenvalue weighted by molar-refractivity contribution is -0.122. The number of aryl methyl sites for hydroxylation is 1. The van der Waals surface area contributed by atoms with Crippen LogP contribution in [0.15, 0.2) is 29.4 Å². The first kappa shape index (κ1) is 13.0. The van der Waals surface area contributed by atoms with Crippen LogP contribution < -0.4 is 11.1 Å². The average molecular weight is 273 g/mol. The Hall–Kier alpha value is -2.04. The number of amides is 1. The van der Waals surface area contributed by atoms with Crippen LogP contribution in [0.2, 0.25) is 0 Å². The third-order valence-electron chi connectivity index (χ3n) is 4.55. The van der Waals surface area contributed by atoms with Crippen LogP contribution >= 0.6 is 0 Å². The van der Waals surface area contributed by atoms with Crippen LogP contribution in [0.4, 0.5) is 0 Å². The van der Waals surface area contributed by atoms with Gasteiger partial charge in [-0.05, 0) is 42.7 Å². The number of nitrogens with zero attached hydrogens (tertiary/aromatic N) is 1. The zero-order valence-electron chi connectivity index (χ0n) is 11.4. The molecule has 1 aromatic carbocycles. The quantitative estimate of drug-likeness (QED) is 0.335. The molecule has 4 atom stereocenters. The molecule has 3 rings (SSSR count). The highest BCUT2D eigenvalue weighted by Crippen LogP contribution is 2.59. The Labute approximate surface area is 117 Å². The van der Waals surface area contributed by atoms with Crippen molar-refractivity contribution >= 4 is 11.7 Å². The number of nitrogens with one attached hydrogen (secondary N) is 1. The lowest BCUT2D eigenvalue weighted by atomic mass is 9.92. The van der Waals surface area contributed by atoms with Crippen LogP contribution in [0, 0.1) is 11.8 Å². The topological polar surface area (TPSA) is 87.7 Å². The number of rotatable bonds is 3. The number of oxime groups is 1. The Kier molecular flexibility index (Phi) is 3.12. The summed E-state index contributed by atoms with van der Waals surface area (Å²) in [6, 6.07) is 7.93. The summed E-state index contributed by atoms with van der Waals surface area (Å²) in [5.41, 5.74) is 8.18. The van der Waals surface area contributed by atoms with Gasteiger partial charge in [0, 0.05) is 5.92 Å². The Morgan fingerprint density at radius 1 is 1.50 bits per heavy atom. The van der Waals surface area contributed by atoms with E-state index in [1.807, 2.05) is 6.07 Å². The molecule has 5 nitrogen and oxygen atoms in total. The van der Waals surface area contributed by atoms with E-state index in [0.717, 1.165) is 12.8 Å². The van der Waals surface area contributed by atoms with E-state index in [1.54, 1.807) is 6.92 Å². The standard InChI is InChI=1S/C15H19N3O2/c1-8(14(16)18-20)17-15(19)13-11-7-6-9-4-2-3-5-10(9)12(11)13/h2-5,8,11-13,20H,6-7H2,1H3,(H2,16,18)(H,17,19). The summed E-state index contributed by atoms with van der Waals surface area (Å²) in [5.74, 6) is 0.870. The number of amidine groups is 1. The smallest absolute Gasteiger partial charge is 0.224 e. The molecule has 0 saturated heterocycles. The summed E-state index contributed by atoms with van der Waals surface area (Å²) in [6.07, 6.45) is 2.12. The number of benzene rings is 1. The molecular formula is C15H19N3O2. The summed E-state index contributed by atoms with van der Waals surface area (Å²) in [6.45, 7) is 1.72. The van der Waals surface area contributed by atoms with Gasteiger partial charge in [-0.3, -0.25) is 4.79 Å². The minimum Gasteiger partial charge on any atom is -0.409 e. The van der Waals surface area contributed by atoms with Crippen LogP contribution in [0.3, 0.4) is 0 Å². The highest BCUT2D eigenvalue weighted by atomic mass is 16.4. The molecule has 2 aliphatic carbocycles. The Morgan fingerprint density at radius 3 is 3.00 bits per heavy atom. The second-order valence-electron chi connectivity index (χ2n) is 5.71. The first-order valence-electron chi connectivity index (χ1n) is 6.99. The van der Waals surface area contributed by atoms with Crippen molar-refractivity contribution in [3.63, 3.8) is 0 Å². The van der Waals surface area contributed by atoms with Gasteiger partial charge in [-0.1, -0.05) is 29.4 Å². The largest absolute Gasteiger partial charge is 0.409 e. The van der Waals surface area contributed by atoms with Crippen LogP contribution in [0.1, 0.15) is 30.4 Å². The van der Waals surface area contributed by atoms with Crippen molar-refractivity contribution in [2.75, 3.05) is 0 Å². The van der Waals surface area contributed by atoms with Crippen LogP contribution in [-0.4, -0.2) is 23.0 Å². The second kappa shape index (κ2) is 4.81. The molecule has 0 heterocycles. The van der Waals surface area contributed by atoms with Gasteiger partial charge in [-0.2, -0.15) is 0 Å². The molecule has 0 radical (unpaired) electrons. The molecular weight excluding hydrogens is 254 g/mol. The van der Waals surface area contributed by atoms with Crippen molar-refractivity contribution in [2.24, 2.45) is 22.7 Å². The van der Waals surface area contributed by atoms with E-state index < -0.39 is 6.04 Å². The van der Waals surface area contributed by atoms with Gasteiger partial charge in [0.2, 0.25) is 5.91 Å². The van der Waals surface area contributed by atoms with Gasteiger partial charge in [0.1, 0.15) is 0 Å². The molecule has 20 heavy (non-hydrogen) atoms. The summed E-state index contributed by atoms with van der Waals surface area (Å²) < 4.78 is 0. The first-order valence-corrected chi connectivity index (χ1v) is 6.99. The third-order valence-corrected chi connectivity index (χ3v) is 4.55. The maximum absolute atomic E-state index is 12.3. The molecule has 0 aliphatic heterocycles. The monoisotopic (exact) mass is 273 g/mol. The molecule has 1 saturated carbocycles. The van der Waals surface area contributed by atoms with Gasteiger partial charge in [0.15, 0.2) is 5.84 Å². The zero-order valence-corrected chi connectivity index (χ0v) is 11.4. The number of carbonyl (C=O) groups excluding carboxylic acids is 1. The van der Waals surface area contributed by atoms with E-state index in [0.29, 0.717) is 11.8 Å². The highest BCUT2D eigenvalue weighted by Gasteiger charge is 2.57. The molecule has 1 aromatic rings. The van der Waals surface area contributed by atoms with Gasteiger partial charge in [-0.15, -0.1) is 0 Å². The van der Waals surface area contributed by atoms with Crippen molar-refractivity contribution < 1.29 is 10.0 Å². The summed E-state index contributed by atoms with van der Waals surface area (Å²) in [5, 5.41) is 14.4. The van der Waals surface area contributed by atoms with E-state index in [-0.39, 0.29) is 17.7 Å². The van der Waals surface area contributed by atoms with E-state index in [4.69, 9.17) is 10.9 Å². The molecule has 106 valence electrons. The molecule has 0 aromatic heterocycles. The molecule has 4 N–H and O–H groups in total. The summed E-state index contributed by atoms with van der Waals surface area (Å²) in [4.78, 5) is 12.3. The molecule has 0 spiro atoms. The van der Waals surface area contributed by atoms with Crippen LogP contribution in [-0.2, 0) is 11.2 Å². The van der Waals surface area contributed by atoms with E-state index >= 15 is 0 Å². The van der Waals surface area contributed by atoms with Gasteiger partial charge in [-0.25, -0.2) is 0 Å². The minimum atomic E-state index is -0.439. The molecule has 5 heteroatoms. The minimum absolute atomic E-state index is 0.0100. The number of hydrogen-bond acceptors (Lipinski definition) is 3. The van der Waals surface area contributed by atoms with Crippen molar-refractivity contribution in [2.45, 2.75) is 31.7 Å². The Balaban J connectivity index is 1.71. The second-order valence-corrected chi connectivity index (χ2v) is 5.71. The summed E-state index contributed by atoms with van der Waals surface area (Å²) in [7, 11) is 0. The third kappa shape index (κ3) is 2.03. The Morgan fingerprint density at radius 2 is 2.25 bits per heavy atom. The van der Waals surface area contributed by atoms with Crippen LogP contribution in [0.5, 0.6) is 0 Å². The molecule has 2 aliphatic rings. The number of fused-ring (bicyclic) bond motifs is 3. The van der Waals surface area contributed by atoms with Gasteiger partial charge < -0.3 is 16.3 Å². The van der Waals surface area contributed by atoms with E-state index in [2.05, 4.69) is 28.7 Å². The average Bonchev–Trinajstić information content (AvgIpc) is 3.21. The normalized spacial score (nSPS) is 29.1. The van der Waals surface area contributed by atoms with E-state index in [1.165, 1.54) is 11.1 Å². The Bertz CT molecular complexity index is 570. The fourth-order valence-electron chi connectivity index (χ4n) is 3.39. The van der Waals surface area contributed by atoms with Crippen LogP contribution in [0.25, 0.3) is 0 Å². The van der Waals surface area contributed by atoms with Gasteiger partial charge in [0.25, 0.3) is 0 Å².